The van der Waals surface area contributed by atoms with Crippen LogP contribution < -0.4 is 0 Å². The minimum Gasteiger partial charge on any atom is -0.324 e. The van der Waals surface area contributed by atoms with Crippen molar-refractivity contribution < 1.29 is 0 Å². The molecular weight excluding hydrogens is 350 g/mol. The van der Waals surface area contributed by atoms with Crippen LogP contribution in [0.3, 0.4) is 0 Å². The quantitative estimate of drug-likeness (QED) is 0.309. The highest BCUT2D eigenvalue weighted by Crippen LogP contribution is 2.29. The van der Waals surface area contributed by atoms with Crippen molar-refractivity contribution in [2.45, 2.75) is 57.4 Å². The number of fused-ring (bicyclic) bond motifs is 1. The molecule has 0 N–H and O–H groups in total. The topological polar surface area (TPSA) is 41.6 Å². The Kier molecular flexibility index (Phi) is 6.95. The number of unbranched alkanes of at least 4 members (excludes halogenated alkanes) is 3. The van der Waals surface area contributed by atoms with Crippen LogP contribution in [0.4, 0.5) is 0 Å². The number of hydrogen-bond donors (Lipinski definition) is 0. The summed E-state index contributed by atoms with van der Waals surface area (Å²) in [6.45, 7) is 5.44. The standard InChI is InChI=1S/C23H27N3S/c1-3-5-6-7-14-26-22-16-20(27-15-4-2)12-13-21(22)25-23(26)19-10-8-18(17-24)9-11-19/h8-13,16H,3-7,14-15H2,1-2H3. The van der Waals surface area contributed by atoms with E-state index in [1.54, 1.807) is 0 Å². The van der Waals surface area contributed by atoms with Crippen LogP contribution in [0, 0.1) is 11.3 Å². The molecule has 0 unspecified atom stereocenters. The maximum atomic E-state index is 9.06. The molecule has 0 saturated carbocycles. The van der Waals surface area contributed by atoms with E-state index in [1.165, 1.54) is 36.1 Å². The Labute approximate surface area is 166 Å². The molecule has 4 heteroatoms. The van der Waals surface area contributed by atoms with Crippen LogP contribution in [-0.2, 0) is 6.54 Å². The van der Waals surface area contributed by atoms with Gasteiger partial charge in [0.1, 0.15) is 5.82 Å². The predicted molar refractivity (Wildman–Crippen MR) is 115 cm³/mol. The van der Waals surface area contributed by atoms with E-state index in [-0.39, 0.29) is 0 Å². The van der Waals surface area contributed by atoms with Gasteiger partial charge in [0.2, 0.25) is 0 Å². The van der Waals surface area contributed by atoms with Gasteiger partial charge in [0.25, 0.3) is 0 Å². The molecule has 1 heterocycles. The average molecular weight is 378 g/mol. The number of imidazole rings is 1. The van der Waals surface area contributed by atoms with Crippen molar-refractivity contribution in [1.29, 1.82) is 5.26 Å². The largest absolute Gasteiger partial charge is 0.324 e. The Morgan fingerprint density at radius 3 is 2.52 bits per heavy atom. The monoisotopic (exact) mass is 377 g/mol. The molecule has 0 radical (unpaired) electrons. The number of rotatable bonds is 9. The highest BCUT2D eigenvalue weighted by Gasteiger charge is 2.13. The van der Waals surface area contributed by atoms with Crippen LogP contribution >= 0.6 is 11.8 Å². The lowest BCUT2D eigenvalue weighted by atomic mass is 10.1. The van der Waals surface area contributed by atoms with Crippen LogP contribution in [-0.4, -0.2) is 15.3 Å². The number of nitrogens with zero attached hydrogens (tertiary/aromatic N) is 3. The van der Waals surface area contributed by atoms with E-state index < -0.39 is 0 Å². The molecule has 0 aliphatic rings. The Morgan fingerprint density at radius 1 is 1.00 bits per heavy atom. The number of nitriles is 1. The fourth-order valence-electron chi connectivity index (χ4n) is 3.25. The molecule has 3 rings (SSSR count). The highest BCUT2D eigenvalue weighted by molar-refractivity contribution is 7.99. The van der Waals surface area contributed by atoms with E-state index in [4.69, 9.17) is 10.2 Å². The molecule has 0 aliphatic carbocycles. The van der Waals surface area contributed by atoms with E-state index in [1.807, 2.05) is 36.0 Å². The molecule has 140 valence electrons. The minimum absolute atomic E-state index is 0.683. The van der Waals surface area contributed by atoms with Gasteiger partial charge < -0.3 is 4.57 Å². The molecule has 0 saturated heterocycles. The summed E-state index contributed by atoms with van der Waals surface area (Å²) in [5, 5.41) is 9.06. The molecule has 0 spiro atoms. The molecule has 3 aromatic rings. The number of aryl methyl sites for hydroxylation is 1. The maximum Gasteiger partial charge on any atom is 0.141 e. The zero-order valence-electron chi connectivity index (χ0n) is 16.2. The van der Waals surface area contributed by atoms with Gasteiger partial charge in [0.05, 0.1) is 22.7 Å². The van der Waals surface area contributed by atoms with Crippen molar-refractivity contribution in [1.82, 2.24) is 9.55 Å². The molecule has 0 amide bonds. The normalized spacial score (nSPS) is 11.0. The van der Waals surface area contributed by atoms with E-state index in [0.29, 0.717) is 5.56 Å². The SMILES string of the molecule is CCCCCCn1c(-c2ccc(C#N)cc2)nc2ccc(SCCC)cc21. The number of hydrogen-bond acceptors (Lipinski definition) is 3. The number of aromatic nitrogens is 2. The van der Waals surface area contributed by atoms with Crippen molar-refractivity contribution in [3.63, 3.8) is 0 Å². The Balaban J connectivity index is 2.00. The van der Waals surface area contributed by atoms with Crippen LogP contribution in [0.2, 0.25) is 0 Å². The Morgan fingerprint density at radius 2 is 1.81 bits per heavy atom. The molecular formula is C23H27N3S. The minimum atomic E-state index is 0.683. The van der Waals surface area contributed by atoms with E-state index in [2.05, 4.69) is 42.7 Å². The van der Waals surface area contributed by atoms with Crippen LogP contribution in [0.5, 0.6) is 0 Å². The average Bonchev–Trinajstić information content (AvgIpc) is 3.07. The maximum absolute atomic E-state index is 9.06. The molecule has 0 aliphatic heterocycles. The smallest absolute Gasteiger partial charge is 0.141 e. The third kappa shape index (κ3) is 4.73. The zero-order valence-corrected chi connectivity index (χ0v) is 17.1. The number of thioether (sulfide) groups is 1. The second-order valence-corrected chi connectivity index (χ2v) is 8.00. The van der Waals surface area contributed by atoms with Crippen molar-refractivity contribution in [3.8, 4) is 17.5 Å². The first-order valence-corrected chi connectivity index (χ1v) is 10.9. The summed E-state index contributed by atoms with van der Waals surface area (Å²) in [4.78, 5) is 6.24. The lowest BCUT2D eigenvalue weighted by Gasteiger charge is -2.10. The molecule has 1 aromatic heterocycles. The number of benzene rings is 2. The molecule has 0 bridgehead atoms. The van der Waals surface area contributed by atoms with Gasteiger partial charge >= 0.3 is 0 Å². The third-order valence-electron chi connectivity index (χ3n) is 4.70. The van der Waals surface area contributed by atoms with Crippen molar-refractivity contribution in [2.75, 3.05) is 5.75 Å². The van der Waals surface area contributed by atoms with Gasteiger partial charge in [-0.2, -0.15) is 5.26 Å². The predicted octanol–water partition coefficient (Wildman–Crippen LogP) is 6.66. The summed E-state index contributed by atoms with van der Waals surface area (Å²) < 4.78 is 2.36. The van der Waals surface area contributed by atoms with Crippen molar-refractivity contribution in [2.24, 2.45) is 0 Å². The molecule has 3 nitrogen and oxygen atoms in total. The molecule has 0 atom stereocenters. The van der Waals surface area contributed by atoms with Crippen LogP contribution in [0.15, 0.2) is 47.4 Å². The first-order valence-electron chi connectivity index (χ1n) is 9.90. The molecule has 0 fully saturated rings. The Hall–Kier alpha value is -2.25. The van der Waals surface area contributed by atoms with Gasteiger partial charge in [0, 0.05) is 17.0 Å². The van der Waals surface area contributed by atoms with E-state index in [9.17, 15) is 0 Å². The summed E-state index contributed by atoms with van der Waals surface area (Å²) in [5.74, 6) is 2.14. The fraction of sp³-hybridized carbons (Fsp3) is 0.391. The van der Waals surface area contributed by atoms with Gasteiger partial charge in [-0.05, 0) is 61.1 Å². The van der Waals surface area contributed by atoms with Gasteiger partial charge in [-0.1, -0.05) is 33.1 Å². The Bertz CT molecular complexity index is 919. The first-order chi connectivity index (χ1) is 13.3. The summed E-state index contributed by atoms with van der Waals surface area (Å²) in [7, 11) is 0. The summed E-state index contributed by atoms with van der Waals surface area (Å²) in [6.07, 6.45) is 6.10. The van der Waals surface area contributed by atoms with E-state index in [0.717, 1.165) is 35.6 Å². The van der Waals surface area contributed by atoms with Crippen LogP contribution in [0.1, 0.15) is 51.5 Å². The second kappa shape index (κ2) is 9.62. The summed E-state index contributed by atoms with van der Waals surface area (Å²) >= 11 is 1.91. The molecule has 27 heavy (non-hydrogen) atoms. The summed E-state index contributed by atoms with van der Waals surface area (Å²) in [6, 6.07) is 16.6. The first kappa shape index (κ1) is 19.5. The molecule has 2 aromatic carbocycles. The lowest BCUT2D eigenvalue weighted by molar-refractivity contribution is 0.594. The zero-order chi connectivity index (χ0) is 19.1. The lowest BCUT2D eigenvalue weighted by Crippen LogP contribution is -2.01. The third-order valence-corrected chi connectivity index (χ3v) is 5.90. The second-order valence-electron chi connectivity index (χ2n) is 6.84. The van der Waals surface area contributed by atoms with Crippen molar-refractivity contribution in [3.05, 3.63) is 48.0 Å². The van der Waals surface area contributed by atoms with Crippen molar-refractivity contribution >= 4 is 22.8 Å². The van der Waals surface area contributed by atoms with Crippen LogP contribution in [0.25, 0.3) is 22.4 Å². The fourth-order valence-corrected chi connectivity index (χ4v) is 4.05. The van der Waals surface area contributed by atoms with Gasteiger partial charge in [0.15, 0.2) is 0 Å². The van der Waals surface area contributed by atoms with Gasteiger partial charge in [-0.3, -0.25) is 0 Å². The van der Waals surface area contributed by atoms with Gasteiger partial charge in [-0.25, -0.2) is 4.98 Å². The van der Waals surface area contributed by atoms with E-state index >= 15 is 0 Å². The van der Waals surface area contributed by atoms with Gasteiger partial charge in [-0.15, -0.1) is 11.8 Å². The summed E-state index contributed by atoms with van der Waals surface area (Å²) in [5.41, 5.74) is 4.02. The highest BCUT2D eigenvalue weighted by atomic mass is 32.2.